The first-order chi connectivity index (χ1) is 13.9. The first-order valence-corrected chi connectivity index (χ1v) is 10.6. The molecule has 1 aliphatic rings. The minimum absolute atomic E-state index is 0.000659. The monoisotopic (exact) mass is 419 g/mol. The summed E-state index contributed by atoms with van der Waals surface area (Å²) in [6.07, 6.45) is 1.82. The van der Waals surface area contributed by atoms with Gasteiger partial charge in [-0.3, -0.25) is 9.59 Å². The van der Waals surface area contributed by atoms with Crippen molar-refractivity contribution in [2.45, 2.75) is 39.2 Å². The highest BCUT2D eigenvalue weighted by molar-refractivity contribution is 7.09. The molecule has 1 fully saturated rings. The lowest BCUT2D eigenvalue weighted by atomic mass is 9.98. The van der Waals surface area contributed by atoms with E-state index in [9.17, 15) is 14.0 Å². The number of nitrogens with one attached hydrogen (secondary N) is 1. The minimum Gasteiger partial charge on any atom is -0.494 e. The second kappa shape index (κ2) is 9.35. The number of amides is 2. The molecule has 1 aromatic heterocycles. The Balaban J connectivity index is 1.64. The third kappa shape index (κ3) is 5.12. The number of halogens is 1. The number of benzene rings is 1. The molecule has 0 aliphatic carbocycles. The molecule has 6 nitrogen and oxygen atoms in total. The number of aromatic nitrogens is 1. The summed E-state index contributed by atoms with van der Waals surface area (Å²) in [5.74, 6) is -0.514. The Morgan fingerprint density at radius 2 is 2.21 bits per heavy atom. The second-order valence-corrected chi connectivity index (χ2v) is 8.38. The number of thiazole rings is 1. The van der Waals surface area contributed by atoms with E-state index in [2.05, 4.69) is 10.3 Å². The van der Waals surface area contributed by atoms with Gasteiger partial charge in [0.25, 0.3) is 5.91 Å². The Hall–Kier alpha value is -2.48. The van der Waals surface area contributed by atoms with Gasteiger partial charge in [0, 0.05) is 35.9 Å². The first-order valence-electron chi connectivity index (χ1n) is 9.74. The molecule has 3 rings (SSSR count). The SMILES string of the molecule is COc1ccc(C(=O)N2CCC[C@@H](c3nc(CNC(=O)C(C)C)cs3)C2)cc1F. The molecule has 29 heavy (non-hydrogen) atoms. The minimum atomic E-state index is -0.542. The van der Waals surface area contributed by atoms with Crippen LogP contribution in [0.5, 0.6) is 5.75 Å². The van der Waals surface area contributed by atoms with Crippen LogP contribution < -0.4 is 10.1 Å². The van der Waals surface area contributed by atoms with Gasteiger partial charge in [-0.05, 0) is 31.0 Å². The molecule has 0 radical (unpaired) electrons. The van der Waals surface area contributed by atoms with E-state index < -0.39 is 5.82 Å². The average Bonchev–Trinajstić information content (AvgIpc) is 3.20. The summed E-state index contributed by atoms with van der Waals surface area (Å²) >= 11 is 1.56. The predicted molar refractivity (Wildman–Crippen MR) is 110 cm³/mol. The zero-order chi connectivity index (χ0) is 21.0. The summed E-state index contributed by atoms with van der Waals surface area (Å²) in [7, 11) is 1.39. The molecule has 2 aromatic rings. The fourth-order valence-electron chi connectivity index (χ4n) is 3.32. The van der Waals surface area contributed by atoms with Crippen molar-refractivity contribution < 1.29 is 18.7 Å². The highest BCUT2D eigenvalue weighted by atomic mass is 32.1. The van der Waals surface area contributed by atoms with Crippen LogP contribution in [-0.4, -0.2) is 41.9 Å². The van der Waals surface area contributed by atoms with Crippen LogP contribution in [0.1, 0.15) is 53.7 Å². The van der Waals surface area contributed by atoms with E-state index in [1.807, 2.05) is 19.2 Å². The van der Waals surface area contributed by atoms with E-state index in [1.54, 1.807) is 22.3 Å². The van der Waals surface area contributed by atoms with Crippen LogP contribution in [0.3, 0.4) is 0 Å². The number of nitrogens with zero attached hydrogens (tertiary/aromatic N) is 2. The van der Waals surface area contributed by atoms with Crippen molar-refractivity contribution in [3.63, 3.8) is 0 Å². The van der Waals surface area contributed by atoms with Crippen molar-refractivity contribution in [2.24, 2.45) is 5.92 Å². The van der Waals surface area contributed by atoms with E-state index in [0.29, 0.717) is 25.2 Å². The molecule has 2 amide bonds. The summed E-state index contributed by atoms with van der Waals surface area (Å²) in [6.45, 7) is 5.31. The lowest BCUT2D eigenvalue weighted by Gasteiger charge is -2.32. The van der Waals surface area contributed by atoms with Gasteiger partial charge in [0.1, 0.15) is 0 Å². The topological polar surface area (TPSA) is 71.5 Å². The standard InChI is InChI=1S/C21H26FN3O3S/c1-13(2)19(26)23-10-16-12-29-20(24-16)15-5-4-8-25(11-15)21(27)14-6-7-18(28-3)17(22)9-14/h6-7,9,12-13,15H,4-5,8,10-11H2,1-3H3,(H,23,26)/t15-/m1/s1. The van der Waals surface area contributed by atoms with Gasteiger partial charge < -0.3 is 15.0 Å². The molecule has 1 saturated heterocycles. The molecule has 1 N–H and O–H groups in total. The molecule has 0 unspecified atom stereocenters. The van der Waals surface area contributed by atoms with Gasteiger partial charge in [0.15, 0.2) is 11.6 Å². The number of likely N-dealkylation sites (tertiary alicyclic amines) is 1. The molecular formula is C21H26FN3O3S. The Morgan fingerprint density at radius 3 is 2.90 bits per heavy atom. The van der Waals surface area contributed by atoms with Gasteiger partial charge in [0.05, 0.1) is 24.4 Å². The van der Waals surface area contributed by atoms with Crippen molar-refractivity contribution in [3.05, 3.63) is 45.7 Å². The Labute approximate surface area is 174 Å². The molecule has 1 aromatic carbocycles. The van der Waals surface area contributed by atoms with Crippen LogP contribution in [0.15, 0.2) is 23.6 Å². The van der Waals surface area contributed by atoms with E-state index in [0.717, 1.165) is 23.5 Å². The summed E-state index contributed by atoms with van der Waals surface area (Å²) in [5.41, 5.74) is 1.15. The van der Waals surface area contributed by atoms with Crippen molar-refractivity contribution in [2.75, 3.05) is 20.2 Å². The van der Waals surface area contributed by atoms with E-state index in [-0.39, 0.29) is 29.4 Å². The quantitative estimate of drug-likeness (QED) is 0.777. The molecule has 8 heteroatoms. The van der Waals surface area contributed by atoms with Gasteiger partial charge in [-0.1, -0.05) is 13.8 Å². The Bertz CT molecular complexity index is 884. The number of hydrogen-bond donors (Lipinski definition) is 1. The van der Waals surface area contributed by atoms with Crippen LogP contribution in [-0.2, 0) is 11.3 Å². The van der Waals surface area contributed by atoms with Gasteiger partial charge in [-0.25, -0.2) is 9.37 Å². The lowest BCUT2D eigenvalue weighted by molar-refractivity contribution is -0.124. The van der Waals surface area contributed by atoms with Gasteiger partial charge >= 0.3 is 0 Å². The van der Waals surface area contributed by atoms with Crippen LogP contribution in [0.4, 0.5) is 4.39 Å². The van der Waals surface area contributed by atoms with Crippen molar-refractivity contribution in [3.8, 4) is 5.75 Å². The number of methoxy groups -OCH3 is 1. The number of hydrogen-bond acceptors (Lipinski definition) is 5. The molecule has 0 bridgehead atoms. The van der Waals surface area contributed by atoms with E-state index >= 15 is 0 Å². The van der Waals surface area contributed by atoms with Crippen LogP contribution >= 0.6 is 11.3 Å². The van der Waals surface area contributed by atoms with Crippen molar-refractivity contribution in [1.29, 1.82) is 0 Å². The number of piperidine rings is 1. The summed E-state index contributed by atoms with van der Waals surface area (Å²) in [5, 5.41) is 5.80. The smallest absolute Gasteiger partial charge is 0.253 e. The Morgan fingerprint density at radius 1 is 1.41 bits per heavy atom. The van der Waals surface area contributed by atoms with Crippen LogP contribution in [0.2, 0.25) is 0 Å². The number of ether oxygens (including phenoxy) is 1. The third-order valence-electron chi connectivity index (χ3n) is 4.99. The Kier molecular flexibility index (Phi) is 6.84. The normalized spacial score (nSPS) is 16.7. The third-order valence-corrected chi connectivity index (χ3v) is 6.05. The lowest BCUT2D eigenvalue weighted by Crippen LogP contribution is -2.39. The molecule has 2 heterocycles. The fourth-order valence-corrected chi connectivity index (χ4v) is 4.27. The first kappa shape index (κ1) is 21.2. The summed E-state index contributed by atoms with van der Waals surface area (Å²) < 4.78 is 18.9. The number of carbonyl (C=O) groups excluding carboxylic acids is 2. The molecule has 156 valence electrons. The number of rotatable bonds is 6. The van der Waals surface area contributed by atoms with Crippen molar-refractivity contribution in [1.82, 2.24) is 15.2 Å². The number of carbonyl (C=O) groups is 2. The average molecular weight is 420 g/mol. The van der Waals surface area contributed by atoms with E-state index in [4.69, 9.17) is 4.74 Å². The maximum atomic E-state index is 14.0. The molecular weight excluding hydrogens is 393 g/mol. The maximum absolute atomic E-state index is 14.0. The van der Waals surface area contributed by atoms with E-state index in [1.165, 1.54) is 19.2 Å². The van der Waals surface area contributed by atoms with Gasteiger partial charge in [-0.2, -0.15) is 0 Å². The van der Waals surface area contributed by atoms with Crippen LogP contribution in [0, 0.1) is 11.7 Å². The molecule has 0 spiro atoms. The van der Waals surface area contributed by atoms with Gasteiger partial charge in [0.2, 0.25) is 5.91 Å². The summed E-state index contributed by atoms with van der Waals surface area (Å²) in [4.78, 5) is 31.0. The fraction of sp³-hybridized carbons (Fsp3) is 0.476. The molecule has 0 saturated carbocycles. The zero-order valence-electron chi connectivity index (χ0n) is 16.9. The highest BCUT2D eigenvalue weighted by Crippen LogP contribution is 2.30. The largest absolute Gasteiger partial charge is 0.494 e. The maximum Gasteiger partial charge on any atom is 0.253 e. The molecule has 1 aliphatic heterocycles. The van der Waals surface area contributed by atoms with Gasteiger partial charge in [-0.15, -0.1) is 11.3 Å². The highest BCUT2D eigenvalue weighted by Gasteiger charge is 2.27. The molecule has 1 atom stereocenters. The summed E-state index contributed by atoms with van der Waals surface area (Å²) in [6, 6.07) is 4.29. The van der Waals surface area contributed by atoms with Crippen molar-refractivity contribution >= 4 is 23.2 Å². The van der Waals surface area contributed by atoms with Crippen LogP contribution in [0.25, 0.3) is 0 Å². The zero-order valence-corrected chi connectivity index (χ0v) is 17.7. The second-order valence-electron chi connectivity index (χ2n) is 7.49. The predicted octanol–water partition coefficient (Wildman–Crippen LogP) is 3.58.